The van der Waals surface area contributed by atoms with E-state index in [4.69, 9.17) is 39.9 Å². The second kappa shape index (κ2) is 8.94. The summed E-state index contributed by atoms with van der Waals surface area (Å²) >= 11 is 14.4. The molecule has 0 aliphatic rings. The fraction of sp³-hybridized carbons (Fsp3) is 0.667. The van der Waals surface area contributed by atoms with Crippen LogP contribution in [0.25, 0.3) is 0 Å². The summed E-state index contributed by atoms with van der Waals surface area (Å²) in [4.78, 5) is 32.4. The summed E-state index contributed by atoms with van der Waals surface area (Å²) in [6.45, 7) is -1.19. The molecule has 0 radical (unpaired) electrons. The van der Waals surface area contributed by atoms with Gasteiger partial charge in [0.05, 0.1) is 6.61 Å². The highest BCUT2D eigenvalue weighted by Gasteiger charge is 2.67. The summed E-state index contributed by atoms with van der Waals surface area (Å²) in [5.74, 6) is -8.17. The molecular weight excluding hydrogens is 406 g/mol. The number of hydrogen-bond donors (Lipinski definition) is 6. The second-order valence-corrected chi connectivity index (χ2v) is 4.91. The SMILES string of the molecule is O=C(Cl)OC(O)(OC(=O)Cl)[C@](O)(OC(=O)Cl)[C@H](O)[C@H](O)[C@@H](O)CO. The zero-order valence-electron chi connectivity index (χ0n) is 11.2. The molecular formula is C9H11Cl3O12. The van der Waals surface area contributed by atoms with E-state index in [1.54, 1.807) is 0 Å². The molecule has 0 spiro atoms. The fourth-order valence-electron chi connectivity index (χ4n) is 1.37. The third-order valence-corrected chi connectivity index (χ3v) is 2.66. The molecule has 0 amide bonds. The Hall–Kier alpha value is -0.960. The average molecular weight is 418 g/mol. The lowest BCUT2D eigenvalue weighted by Crippen LogP contribution is -2.70. The van der Waals surface area contributed by atoms with E-state index in [0.717, 1.165) is 0 Å². The maximum Gasteiger partial charge on any atom is 0.448 e. The molecule has 0 aromatic rings. The predicted octanol–water partition coefficient (Wildman–Crippen LogP) is -1.48. The second-order valence-electron chi connectivity index (χ2n) is 3.98. The molecule has 0 unspecified atom stereocenters. The zero-order chi connectivity index (χ0) is 19.3. The van der Waals surface area contributed by atoms with Crippen molar-refractivity contribution in [1.82, 2.24) is 0 Å². The number of ether oxygens (including phenoxy) is 3. The zero-order valence-corrected chi connectivity index (χ0v) is 13.5. The molecule has 0 bridgehead atoms. The Morgan fingerprint density at radius 3 is 1.54 bits per heavy atom. The van der Waals surface area contributed by atoms with Gasteiger partial charge < -0.3 is 44.8 Å². The number of rotatable bonds is 8. The van der Waals surface area contributed by atoms with E-state index in [1.165, 1.54) is 0 Å². The molecule has 4 atom stereocenters. The number of carbonyl (C=O) groups is 3. The number of halogens is 3. The van der Waals surface area contributed by atoms with Crippen LogP contribution >= 0.6 is 34.8 Å². The van der Waals surface area contributed by atoms with Crippen LogP contribution in [0.3, 0.4) is 0 Å². The van der Waals surface area contributed by atoms with Gasteiger partial charge in [0, 0.05) is 34.8 Å². The molecule has 0 fully saturated rings. The van der Waals surface area contributed by atoms with Crippen molar-refractivity contribution in [2.45, 2.75) is 30.1 Å². The van der Waals surface area contributed by atoms with Crippen molar-refractivity contribution in [3.63, 3.8) is 0 Å². The first-order valence-electron chi connectivity index (χ1n) is 5.56. The lowest BCUT2D eigenvalue weighted by atomic mass is 9.98. The Morgan fingerprint density at radius 1 is 0.875 bits per heavy atom. The Morgan fingerprint density at radius 2 is 1.25 bits per heavy atom. The maximum atomic E-state index is 10.9. The van der Waals surface area contributed by atoms with Crippen molar-refractivity contribution >= 4 is 51.1 Å². The van der Waals surface area contributed by atoms with Crippen molar-refractivity contribution < 1.29 is 59.2 Å². The standard InChI is InChI=1S/C9H11Cl3O12/c10-5(17)22-8(20,4(16)3(15)2(14)1-13)9(21,23-6(11)18)24-7(12)19/h2-4,13-16,20-21H,1H2/t2-,3+,4+,8+/m0/s1. The van der Waals surface area contributed by atoms with E-state index in [-0.39, 0.29) is 0 Å². The van der Waals surface area contributed by atoms with Crippen molar-refractivity contribution in [3.8, 4) is 0 Å². The molecule has 12 nitrogen and oxygen atoms in total. The Labute approximate surface area is 147 Å². The third-order valence-electron chi connectivity index (χ3n) is 2.43. The highest BCUT2D eigenvalue weighted by Crippen LogP contribution is 2.34. The van der Waals surface area contributed by atoms with Crippen molar-refractivity contribution in [3.05, 3.63) is 0 Å². The lowest BCUT2D eigenvalue weighted by molar-refractivity contribution is -0.453. The van der Waals surface area contributed by atoms with Crippen LogP contribution in [0.4, 0.5) is 14.4 Å². The topological polar surface area (TPSA) is 200 Å². The van der Waals surface area contributed by atoms with Crippen LogP contribution in [0.5, 0.6) is 0 Å². The summed E-state index contributed by atoms with van der Waals surface area (Å²) < 4.78 is 11.6. The van der Waals surface area contributed by atoms with Crippen LogP contribution in [0.2, 0.25) is 0 Å². The number of carbonyl (C=O) groups excluding carboxylic acids is 3. The number of aliphatic hydroxyl groups excluding tert-OH is 4. The maximum absolute atomic E-state index is 10.9. The first-order valence-corrected chi connectivity index (χ1v) is 6.69. The highest BCUT2D eigenvalue weighted by molar-refractivity contribution is 6.62. The molecule has 0 rings (SSSR count). The van der Waals surface area contributed by atoms with Crippen LogP contribution in [0.15, 0.2) is 0 Å². The first-order chi connectivity index (χ1) is 10.8. The smallest absolute Gasteiger partial charge is 0.407 e. The van der Waals surface area contributed by atoms with E-state index < -0.39 is 53.0 Å². The summed E-state index contributed by atoms with van der Waals surface area (Å²) in [6.07, 6.45) is -7.73. The Bertz CT molecular complexity index is 470. The minimum Gasteiger partial charge on any atom is -0.407 e. The van der Waals surface area contributed by atoms with Gasteiger partial charge in [-0.2, -0.15) is 0 Å². The molecule has 0 aromatic heterocycles. The van der Waals surface area contributed by atoms with E-state index in [9.17, 15) is 39.9 Å². The van der Waals surface area contributed by atoms with Crippen molar-refractivity contribution in [2.24, 2.45) is 0 Å². The lowest BCUT2D eigenvalue weighted by Gasteiger charge is -2.41. The van der Waals surface area contributed by atoms with Gasteiger partial charge in [-0.25, -0.2) is 14.4 Å². The molecule has 0 aliphatic heterocycles. The summed E-state index contributed by atoms with van der Waals surface area (Å²) in [5, 5.41) is 57.3. The molecule has 6 N–H and O–H groups in total. The Kier molecular flexibility index (Phi) is 8.58. The van der Waals surface area contributed by atoms with Crippen molar-refractivity contribution in [1.29, 1.82) is 0 Å². The molecule has 15 heteroatoms. The van der Waals surface area contributed by atoms with E-state index in [0.29, 0.717) is 0 Å². The van der Waals surface area contributed by atoms with Crippen LogP contribution in [0.1, 0.15) is 0 Å². The van der Waals surface area contributed by atoms with Crippen LogP contribution in [-0.2, 0) is 14.2 Å². The van der Waals surface area contributed by atoms with Crippen LogP contribution in [-0.4, -0.2) is 83.6 Å². The van der Waals surface area contributed by atoms with Gasteiger partial charge in [-0.05, 0) is 0 Å². The van der Waals surface area contributed by atoms with Crippen molar-refractivity contribution in [2.75, 3.05) is 6.61 Å². The van der Waals surface area contributed by atoms with Gasteiger partial charge in [-0.1, -0.05) is 0 Å². The quantitative estimate of drug-likeness (QED) is 0.198. The molecule has 0 saturated heterocycles. The molecule has 24 heavy (non-hydrogen) atoms. The van der Waals surface area contributed by atoms with Crippen LogP contribution < -0.4 is 0 Å². The summed E-state index contributed by atoms with van der Waals surface area (Å²) in [5.41, 5.74) is -5.91. The van der Waals surface area contributed by atoms with Gasteiger partial charge in [0.2, 0.25) is 0 Å². The van der Waals surface area contributed by atoms with Gasteiger partial charge in [0.15, 0.2) is 6.10 Å². The van der Waals surface area contributed by atoms with Gasteiger partial charge in [0.25, 0.3) is 0 Å². The van der Waals surface area contributed by atoms with Gasteiger partial charge >= 0.3 is 28.0 Å². The number of hydrogen-bond acceptors (Lipinski definition) is 12. The molecule has 0 aliphatic carbocycles. The molecule has 0 heterocycles. The minimum atomic E-state index is -4.12. The van der Waals surface area contributed by atoms with E-state index in [1.807, 2.05) is 0 Å². The molecule has 0 aromatic carbocycles. The fourth-order valence-corrected chi connectivity index (χ4v) is 1.70. The Balaban J connectivity index is 6.09. The van der Waals surface area contributed by atoms with Crippen LogP contribution in [0, 0.1) is 0 Å². The minimum absolute atomic E-state index is 1.19. The third kappa shape index (κ3) is 5.54. The average Bonchev–Trinajstić information content (AvgIpc) is 2.41. The summed E-state index contributed by atoms with van der Waals surface area (Å²) in [6, 6.07) is 0. The number of aliphatic hydroxyl groups is 6. The largest absolute Gasteiger partial charge is 0.448 e. The van der Waals surface area contributed by atoms with Gasteiger partial charge in [-0.3, -0.25) is 0 Å². The molecule has 140 valence electrons. The highest BCUT2D eigenvalue weighted by atomic mass is 35.5. The monoisotopic (exact) mass is 416 g/mol. The van der Waals surface area contributed by atoms with E-state index in [2.05, 4.69) is 14.2 Å². The summed E-state index contributed by atoms with van der Waals surface area (Å²) in [7, 11) is 0. The van der Waals surface area contributed by atoms with Gasteiger partial charge in [-0.15, -0.1) is 0 Å². The van der Waals surface area contributed by atoms with Gasteiger partial charge in [0.1, 0.15) is 12.2 Å². The normalized spacial score (nSPS) is 17.9. The predicted molar refractivity (Wildman–Crippen MR) is 72.0 cm³/mol. The van der Waals surface area contributed by atoms with E-state index >= 15 is 0 Å². The molecule has 0 saturated carbocycles. The first kappa shape index (κ1) is 23.0.